The molecule has 0 bridgehead atoms. The molecule has 0 heterocycles. The summed E-state index contributed by atoms with van der Waals surface area (Å²) in [6.07, 6.45) is 5.85. The van der Waals surface area contributed by atoms with Gasteiger partial charge in [0, 0.05) is 4.47 Å². The Labute approximate surface area is 209 Å². The van der Waals surface area contributed by atoms with Gasteiger partial charge in [-0.2, -0.15) is 0 Å². The molecule has 0 spiro atoms. The third-order valence-electron chi connectivity index (χ3n) is 7.95. The summed E-state index contributed by atoms with van der Waals surface area (Å²) in [5.74, 6) is 1.24. The van der Waals surface area contributed by atoms with Gasteiger partial charge in [0.25, 0.3) is 0 Å². The van der Waals surface area contributed by atoms with E-state index in [4.69, 9.17) is 9.05 Å². The molecule has 0 aliphatic heterocycles. The zero-order valence-electron chi connectivity index (χ0n) is 21.2. The van der Waals surface area contributed by atoms with E-state index in [0.717, 1.165) is 30.2 Å². The van der Waals surface area contributed by atoms with Gasteiger partial charge in [-0.25, -0.2) is 0 Å². The van der Waals surface area contributed by atoms with Crippen LogP contribution in [-0.4, -0.2) is 17.3 Å². The minimum absolute atomic E-state index is 0.164. The highest BCUT2D eigenvalue weighted by molar-refractivity contribution is 9.10. The molecule has 4 nitrogen and oxygen atoms in total. The van der Waals surface area contributed by atoms with Crippen molar-refractivity contribution in [3.63, 3.8) is 0 Å². The van der Waals surface area contributed by atoms with Crippen molar-refractivity contribution >= 4 is 23.5 Å². The lowest BCUT2D eigenvalue weighted by Gasteiger charge is -2.42. The van der Waals surface area contributed by atoms with Crippen molar-refractivity contribution in [1.29, 1.82) is 0 Å². The standard InChI is InChI=1S/C27H44BrO4P/c1-17(2)23-13-7-19(5)15-25(23)31-33(30,27(29)21-9-11-22(28)12-10-21)32-26-16-20(6)8-14-24(26)18(3)4/h9-12,17-20,23-27,29H,7-8,13-16H2,1-6H3/t19-,20-,23-,24+,25-,26-,27+,33?/m1/s1. The minimum atomic E-state index is -3.85. The largest absolute Gasteiger partial charge is 0.376 e. The first-order valence-electron chi connectivity index (χ1n) is 12.9. The number of halogens is 1. The zero-order chi connectivity index (χ0) is 24.3. The lowest BCUT2D eigenvalue weighted by Crippen LogP contribution is -2.37. The molecule has 2 aliphatic carbocycles. The molecule has 8 atom stereocenters. The first-order valence-corrected chi connectivity index (χ1v) is 15.3. The number of hydrogen-bond acceptors (Lipinski definition) is 4. The van der Waals surface area contributed by atoms with Crippen molar-refractivity contribution in [2.45, 2.75) is 98.1 Å². The van der Waals surface area contributed by atoms with E-state index in [0.29, 0.717) is 41.1 Å². The SMILES string of the molecule is CC(C)[C@H]1CC[C@@H](C)C[C@H]1OP(=O)(O[C@@H]1C[C@H](C)CC[C@H]1C(C)C)[C@H](O)c1ccc(Br)cc1. The number of benzene rings is 1. The Morgan fingerprint density at radius 2 is 1.27 bits per heavy atom. The van der Waals surface area contributed by atoms with Crippen LogP contribution in [0.4, 0.5) is 0 Å². The average Bonchev–Trinajstić information content (AvgIpc) is 2.73. The van der Waals surface area contributed by atoms with Crippen LogP contribution in [-0.2, 0) is 13.6 Å². The second-order valence-corrected chi connectivity index (χ2v) is 14.3. The fraction of sp³-hybridized carbons (Fsp3) is 0.778. The highest BCUT2D eigenvalue weighted by Gasteiger charge is 2.46. The topological polar surface area (TPSA) is 55.8 Å². The Morgan fingerprint density at radius 1 is 0.848 bits per heavy atom. The van der Waals surface area contributed by atoms with Crippen LogP contribution in [0.3, 0.4) is 0 Å². The molecule has 0 radical (unpaired) electrons. The van der Waals surface area contributed by atoms with Crippen LogP contribution in [0.2, 0.25) is 0 Å². The maximum absolute atomic E-state index is 14.6. The smallest absolute Gasteiger partial charge is 0.363 e. The van der Waals surface area contributed by atoms with E-state index in [2.05, 4.69) is 57.5 Å². The van der Waals surface area contributed by atoms with Crippen molar-refractivity contribution in [2.24, 2.45) is 35.5 Å². The van der Waals surface area contributed by atoms with Gasteiger partial charge in [-0.15, -0.1) is 0 Å². The highest BCUT2D eigenvalue weighted by Crippen LogP contribution is 2.64. The number of hydrogen-bond donors (Lipinski definition) is 1. The van der Waals surface area contributed by atoms with E-state index in [1.54, 1.807) is 12.1 Å². The summed E-state index contributed by atoms with van der Waals surface area (Å²) in [6, 6.07) is 7.34. The van der Waals surface area contributed by atoms with Crippen molar-refractivity contribution in [3.8, 4) is 0 Å². The average molecular weight is 544 g/mol. The predicted molar refractivity (Wildman–Crippen MR) is 139 cm³/mol. The Balaban J connectivity index is 1.94. The summed E-state index contributed by atoms with van der Waals surface area (Å²) in [5, 5.41) is 11.4. The molecule has 1 unspecified atom stereocenters. The van der Waals surface area contributed by atoms with E-state index in [-0.39, 0.29) is 12.2 Å². The molecular weight excluding hydrogens is 499 g/mol. The Kier molecular flexibility index (Phi) is 9.71. The van der Waals surface area contributed by atoms with Gasteiger partial charge in [-0.1, -0.05) is 82.4 Å². The zero-order valence-corrected chi connectivity index (χ0v) is 23.7. The Morgan fingerprint density at radius 3 is 1.67 bits per heavy atom. The first-order chi connectivity index (χ1) is 15.5. The van der Waals surface area contributed by atoms with Gasteiger partial charge >= 0.3 is 7.60 Å². The third-order valence-corrected chi connectivity index (χ3v) is 10.5. The Bertz CT molecular complexity index is 758. The van der Waals surface area contributed by atoms with Gasteiger partial charge < -0.3 is 14.2 Å². The lowest BCUT2D eigenvalue weighted by molar-refractivity contribution is -0.0153. The highest BCUT2D eigenvalue weighted by atomic mass is 79.9. The van der Waals surface area contributed by atoms with Crippen LogP contribution in [0.15, 0.2) is 28.7 Å². The second kappa shape index (κ2) is 11.7. The number of rotatable bonds is 8. The molecule has 2 aliphatic rings. The van der Waals surface area contributed by atoms with Gasteiger partial charge in [0.2, 0.25) is 0 Å². The van der Waals surface area contributed by atoms with E-state index < -0.39 is 13.4 Å². The molecule has 0 aromatic heterocycles. The maximum atomic E-state index is 14.6. The molecular formula is C27H44BrO4P. The summed E-state index contributed by atoms with van der Waals surface area (Å²) >= 11 is 3.45. The van der Waals surface area contributed by atoms with Crippen LogP contribution in [0, 0.1) is 35.5 Å². The van der Waals surface area contributed by atoms with Gasteiger partial charge in [0.05, 0.1) is 12.2 Å². The van der Waals surface area contributed by atoms with Crippen molar-refractivity contribution in [2.75, 3.05) is 0 Å². The second-order valence-electron chi connectivity index (χ2n) is 11.4. The van der Waals surface area contributed by atoms with Gasteiger partial charge in [-0.05, 0) is 78.9 Å². The summed E-state index contributed by atoms with van der Waals surface area (Å²) < 4.78 is 28.5. The maximum Gasteiger partial charge on any atom is 0.363 e. The summed E-state index contributed by atoms with van der Waals surface area (Å²) in [7, 11) is -3.85. The molecule has 2 fully saturated rings. The molecule has 188 valence electrons. The fourth-order valence-corrected chi connectivity index (χ4v) is 8.13. The van der Waals surface area contributed by atoms with Gasteiger partial charge in [0.1, 0.15) is 0 Å². The molecule has 1 aromatic rings. The molecule has 1 aromatic carbocycles. The monoisotopic (exact) mass is 542 g/mol. The van der Waals surface area contributed by atoms with Gasteiger partial charge in [-0.3, -0.25) is 4.57 Å². The minimum Gasteiger partial charge on any atom is -0.376 e. The van der Waals surface area contributed by atoms with Crippen molar-refractivity contribution in [3.05, 3.63) is 34.3 Å². The number of aliphatic hydroxyl groups is 1. The van der Waals surface area contributed by atoms with Crippen LogP contribution in [0.1, 0.15) is 91.5 Å². The van der Waals surface area contributed by atoms with Crippen molar-refractivity contribution < 1.29 is 18.7 Å². The molecule has 6 heteroatoms. The van der Waals surface area contributed by atoms with Gasteiger partial charge in [0.15, 0.2) is 5.85 Å². The van der Waals surface area contributed by atoms with E-state index in [9.17, 15) is 9.67 Å². The van der Waals surface area contributed by atoms with Crippen LogP contribution >= 0.6 is 23.5 Å². The predicted octanol–water partition coefficient (Wildman–Crippen LogP) is 8.59. The summed E-state index contributed by atoms with van der Waals surface area (Å²) in [5.41, 5.74) is 0.580. The molecule has 0 saturated heterocycles. The summed E-state index contributed by atoms with van der Waals surface area (Å²) in [4.78, 5) is 0. The molecule has 1 N–H and O–H groups in total. The molecule has 0 amide bonds. The lowest BCUT2D eigenvalue weighted by atomic mass is 9.75. The normalized spacial score (nSPS) is 33.8. The number of aliphatic hydroxyl groups excluding tert-OH is 1. The first kappa shape index (κ1) is 27.4. The fourth-order valence-electron chi connectivity index (χ4n) is 5.81. The third kappa shape index (κ3) is 6.94. The molecule has 2 saturated carbocycles. The van der Waals surface area contributed by atoms with Crippen LogP contribution < -0.4 is 0 Å². The van der Waals surface area contributed by atoms with Crippen LogP contribution in [0.5, 0.6) is 0 Å². The quantitative estimate of drug-likeness (QED) is 0.334. The summed E-state index contributed by atoms with van der Waals surface area (Å²) in [6.45, 7) is 13.3. The van der Waals surface area contributed by atoms with E-state index in [1.807, 2.05) is 12.1 Å². The molecule has 3 rings (SSSR count). The van der Waals surface area contributed by atoms with E-state index in [1.165, 1.54) is 12.8 Å². The molecule has 33 heavy (non-hydrogen) atoms. The van der Waals surface area contributed by atoms with Crippen molar-refractivity contribution in [1.82, 2.24) is 0 Å². The van der Waals surface area contributed by atoms with Crippen LogP contribution in [0.25, 0.3) is 0 Å². The Hall–Kier alpha value is -0.190. The van der Waals surface area contributed by atoms with E-state index >= 15 is 0 Å².